The molecule has 0 saturated carbocycles. The molecule has 1 aromatic heterocycles. The van der Waals surface area contributed by atoms with E-state index >= 15 is 0 Å². The van der Waals surface area contributed by atoms with E-state index in [2.05, 4.69) is 25.8 Å². The van der Waals surface area contributed by atoms with E-state index in [0.29, 0.717) is 49.7 Å². The molecule has 2 aliphatic rings. The molecule has 3 heterocycles. The van der Waals surface area contributed by atoms with E-state index < -0.39 is 15.3 Å². The number of rotatable bonds is 1. The Kier molecular flexibility index (Phi) is 4.51. The van der Waals surface area contributed by atoms with Crippen molar-refractivity contribution >= 4 is 27.0 Å². The molecular weight excluding hydrogens is 346 g/mol. The van der Waals surface area contributed by atoms with Gasteiger partial charge in [-0.05, 0) is 12.8 Å². The fourth-order valence-corrected chi connectivity index (χ4v) is 5.62. The number of amides is 1. The average molecular weight is 372 g/mol. The van der Waals surface area contributed by atoms with Crippen molar-refractivity contribution in [2.24, 2.45) is 0 Å². The van der Waals surface area contributed by atoms with E-state index in [-0.39, 0.29) is 11.3 Å². The van der Waals surface area contributed by atoms with Gasteiger partial charge in [-0.3, -0.25) is 9.57 Å². The highest BCUT2D eigenvalue weighted by Crippen LogP contribution is 2.32. The summed E-state index contributed by atoms with van der Waals surface area (Å²) in [6, 6.07) is 0. The van der Waals surface area contributed by atoms with Crippen LogP contribution in [0.5, 0.6) is 0 Å². The molecule has 6 nitrogen and oxygen atoms in total. The number of ether oxygens (including phenoxy) is 1. The summed E-state index contributed by atoms with van der Waals surface area (Å²) < 4.78 is 25.6. The van der Waals surface area contributed by atoms with Crippen LogP contribution >= 0.6 is 11.3 Å². The van der Waals surface area contributed by atoms with Crippen molar-refractivity contribution in [1.82, 2.24) is 9.88 Å². The number of aromatic nitrogens is 1. The van der Waals surface area contributed by atoms with E-state index in [4.69, 9.17) is 9.52 Å². The smallest absolute Gasteiger partial charge is 0.273 e. The normalized spacial score (nSPS) is 31.4. The molecule has 2 aliphatic heterocycles. The van der Waals surface area contributed by atoms with Gasteiger partial charge in [-0.25, -0.2) is 9.19 Å². The Hall–Kier alpha value is -0.990. The van der Waals surface area contributed by atoms with Gasteiger partial charge >= 0.3 is 0 Å². The van der Waals surface area contributed by atoms with Crippen LogP contribution in [0.3, 0.4) is 0 Å². The predicted molar refractivity (Wildman–Crippen MR) is 95.2 cm³/mol. The van der Waals surface area contributed by atoms with E-state index in [9.17, 15) is 9.00 Å². The first-order valence-electron chi connectivity index (χ1n) is 8.24. The Morgan fingerprint density at radius 2 is 2.08 bits per heavy atom. The van der Waals surface area contributed by atoms with E-state index in [0.717, 1.165) is 5.01 Å². The molecule has 0 aromatic carbocycles. The lowest BCUT2D eigenvalue weighted by atomic mass is 9.94. The van der Waals surface area contributed by atoms with Crippen LogP contribution in [0.25, 0.3) is 0 Å². The molecule has 134 valence electrons. The molecule has 0 bridgehead atoms. The zero-order valence-electron chi connectivity index (χ0n) is 14.5. The maximum absolute atomic E-state index is 12.8. The lowest BCUT2D eigenvalue weighted by Crippen LogP contribution is -2.56. The molecule has 2 fully saturated rings. The van der Waals surface area contributed by atoms with Gasteiger partial charge in [-0.2, -0.15) is 0 Å². The minimum absolute atomic E-state index is 0.0541. The highest BCUT2D eigenvalue weighted by molar-refractivity contribution is 7.92. The number of hydrogen-bond acceptors (Lipinski definition) is 6. The van der Waals surface area contributed by atoms with Crippen molar-refractivity contribution in [2.45, 2.75) is 44.6 Å². The van der Waals surface area contributed by atoms with Gasteiger partial charge in [0.1, 0.15) is 5.69 Å². The van der Waals surface area contributed by atoms with Gasteiger partial charge in [-0.15, -0.1) is 11.3 Å². The Bertz CT molecular complexity index is 720. The lowest BCUT2D eigenvalue weighted by Gasteiger charge is -2.45. The summed E-state index contributed by atoms with van der Waals surface area (Å²) in [7, 11) is -2.46. The summed E-state index contributed by atoms with van der Waals surface area (Å²) >= 11 is 1.52. The molecule has 8 heteroatoms. The standard InChI is InChI=1S/C16H25N3O3S2/c1-15(2,3)14-18-12(10-23-14)13(20)19-6-7-22-16(11-19)4-8-24(17,21)9-5-16/h10,17H,4-9,11H2,1-3H3. The summed E-state index contributed by atoms with van der Waals surface area (Å²) in [6.07, 6.45) is 1.17. The summed E-state index contributed by atoms with van der Waals surface area (Å²) in [5.74, 6) is 0.668. The minimum atomic E-state index is -2.46. The Labute approximate surface area is 147 Å². The van der Waals surface area contributed by atoms with Crippen molar-refractivity contribution < 1.29 is 13.7 Å². The molecule has 0 atom stereocenters. The first kappa shape index (κ1) is 17.8. The number of morpholine rings is 1. The third kappa shape index (κ3) is 3.65. The number of thiazole rings is 1. The van der Waals surface area contributed by atoms with Crippen LogP contribution in [0, 0.1) is 4.78 Å². The van der Waals surface area contributed by atoms with Gasteiger partial charge in [0, 0.05) is 38.6 Å². The Balaban J connectivity index is 1.73. The molecule has 0 radical (unpaired) electrons. The van der Waals surface area contributed by atoms with Crippen molar-refractivity contribution in [3.8, 4) is 0 Å². The van der Waals surface area contributed by atoms with Crippen molar-refractivity contribution in [2.75, 3.05) is 31.2 Å². The first-order chi connectivity index (χ1) is 11.1. The van der Waals surface area contributed by atoms with Gasteiger partial charge in [-0.1, -0.05) is 20.8 Å². The summed E-state index contributed by atoms with van der Waals surface area (Å²) in [5, 5.41) is 2.79. The van der Waals surface area contributed by atoms with Gasteiger partial charge in [0.2, 0.25) is 0 Å². The molecular formula is C16H25N3O3S2. The van der Waals surface area contributed by atoms with Crippen molar-refractivity contribution in [3.63, 3.8) is 0 Å². The van der Waals surface area contributed by atoms with Gasteiger partial charge in [0.25, 0.3) is 5.91 Å². The average Bonchev–Trinajstić information content (AvgIpc) is 3.00. The first-order valence-corrected chi connectivity index (χ1v) is 11.0. The highest BCUT2D eigenvalue weighted by Gasteiger charge is 2.42. The SMILES string of the molecule is CC(C)(C)c1nc(C(=O)N2CCOC3(CCS(=N)(=O)CC3)C2)cs1. The van der Waals surface area contributed by atoms with E-state index in [1.54, 1.807) is 0 Å². The van der Waals surface area contributed by atoms with Crippen molar-refractivity contribution in [3.05, 3.63) is 16.1 Å². The van der Waals surface area contributed by atoms with Crippen molar-refractivity contribution in [1.29, 1.82) is 4.78 Å². The molecule has 24 heavy (non-hydrogen) atoms. The van der Waals surface area contributed by atoms with Crippen LogP contribution in [-0.2, 0) is 19.9 Å². The van der Waals surface area contributed by atoms with Crippen LogP contribution in [0.1, 0.15) is 49.1 Å². The van der Waals surface area contributed by atoms with E-state index in [1.807, 2.05) is 10.3 Å². The second-order valence-electron chi connectivity index (χ2n) is 7.77. The van der Waals surface area contributed by atoms with E-state index in [1.165, 1.54) is 11.3 Å². The molecule has 1 N–H and O–H groups in total. The van der Waals surface area contributed by atoms with Crippen LogP contribution in [0.4, 0.5) is 0 Å². The molecule has 0 aliphatic carbocycles. The summed E-state index contributed by atoms with van der Waals surface area (Å²) in [5.41, 5.74) is 0.00778. The highest BCUT2D eigenvalue weighted by atomic mass is 32.2. The monoisotopic (exact) mass is 371 g/mol. The zero-order valence-corrected chi connectivity index (χ0v) is 16.1. The second kappa shape index (κ2) is 6.07. The molecule has 0 unspecified atom stereocenters. The predicted octanol–water partition coefficient (Wildman–Crippen LogP) is 2.49. The molecule has 1 spiro atoms. The Morgan fingerprint density at radius 1 is 1.42 bits per heavy atom. The number of nitrogens with one attached hydrogen (secondary N) is 1. The minimum Gasteiger partial charge on any atom is -0.371 e. The summed E-state index contributed by atoms with van der Waals surface area (Å²) in [6.45, 7) is 7.81. The maximum atomic E-state index is 12.8. The fraction of sp³-hybridized carbons (Fsp3) is 0.750. The number of hydrogen-bond donors (Lipinski definition) is 1. The third-order valence-electron chi connectivity index (χ3n) is 4.68. The number of carbonyl (C=O) groups is 1. The third-order valence-corrected chi connectivity index (χ3v) is 7.67. The van der Waals surface area contributed by atoms with Crippen LogP contribution in [-0.4, -0.2) is 56.8 Å². The molecule has 1 amide bonds. The number of carbonyl (C=O) groups excluding carboxylic acids is 1. The number of nitrogens with zero attached hydrogens (tertiary/aromatic N) is 2. The van der Waals surface area contributed by atoms with Gasteiger partial charge in [0.05, 0.1) is 23.8 Å². The molecule has 2 saturated heterocycles. The fourth-order valence-electron chi connectivity index (χ4n) is 3.13. The second-order valence-corrected chi connectivity index (χ2v) is 11.1. The topological polar surface area (TPSA) is 83.3 Å². The van der Waals surface area contributed by atoms with Gasteiger partial charge < -0.3 is 9.64 Å². The Morgan fingerprint density at radius 3 is 2.67 bits per heavy atom. The van der Waals surface area contributed by atoms with Crippen LogP contribution < -0.4 is 0 Å². The lowest BCUT2D eigenvalue weighted by molar-refractivity contribution is -0.104. The maximum Gasteiger partial charge on any atom is 0.273 e. The summed E-state index contributed by atoms with van der Waals surface area (Å²) in [4.78, 5) is 19.1. The largest absolute Gasteiger partial charge is 0.371 e. The molecule has 1 aromatic rings. The zero-order chi connectivity index (χ0) is 17.6. The quantitative estimate of drug-likeness (QED) is 0.822. The van der Waals surface area contributed by atoms with Crippen LogP contribution in [0.2, 0.25) is 0 Å². The van der Waals surface area contributed by atoms with Gasteiger partial charge in [0.15, 0.2) is 0 Å². The molecule has 3 rings (SSSR count). The van der Waals surface area contributed by atoms with Crippen LogP contribution in [0.15, 0.2) is 5.38 Å².